The third-order valence-electron chi connectivity index (χ3n) is 4.10. The first-order valence-corrected chi connectivity index (χ1v) is 9.53. The molecule has 0 aliphatic carbocycles. The van der Waals surface area contributed by atoms with Crippen LogP contribution in [-0.4, -0.2) is 39.4 Å². The number of aromatic nitrogens is 3. The highest BCUT2D eigenvalue weighted by molar-refractivity contribution is 7.20. The van der Waals surface area contributed by atoms with E-state index in [1.54, 1.807) is 30.6 Å². The van der Waals surface area contributed by atoms with Gasteiger partial charge in [-0.15, -0.1) is 0 Å². The molecule has 0 saturated heterocycles. The summed E-state index contributed by atoms with van der Waals surface area (Å²) in [4.78, 5) is 32.8. The number of thiazole rings is 1. The maximum Gasteiger partial charge on any atom is 0.251 e. The minimum Gasteiger partial charge on any atom is -0.350 e. The van der Waals surface area contributed by atoms with Crippen molar-refractivity contribution in [3.8, 4) is 5.13 Å². The summed E-state index contributed by atoms with van der Waals surface area (Å²) in [6.45, 7) is 0.679. The Balaban J connectivity index is 1.34. The Hall–Kier alpha value is -3.52. The summed E-state index contributed by atoms with van der Waals surface area (Å²) in [5.41, 5.74) is 1.96. The summed E-state index contributed by atoms with van der Waals surface area (Å²) in [6, 6.07) is 12.6. The molecule has 3 aromatic heterocycles. The summed E-state index contributed by atoms with van der Waals surface area (Å²) >= 11 is 1.53. The average Bonchev–Trinajstić information content (AvgIpc) is 3.40. The Morgan fingerprint density at radius 2 is 1.61 bits per heavy atom. The van der Waals surface area contributed by atoms with Crippen LogP contribution in [0.2, 0.25) is 0 Å². The normalized spacial score (nSPS) is 10.7. The van der Waals surface area contributed by atoms with Gasteiger partial charge in [-0.1, -0.05) is 11.3 Å². The molecule has 0 aliphatic heterocycles. The molecule has 0 saturated carbocycles. The number of nitrogens with zero attached hydrogens (tertiary/aromatic N) is 3. The first kappa shape index (κ1) is 17.9. The number of carbonyl (C=O) groups excluding carboxylic acids is 2. The maximum atomic E-state index is 12.4. The van der Waals surface area contributed by atoms with Crippen LogP contribution >= 0.6 is 11.3 Å². The van der Waals surface area contributed by atoms with Crippen LogP contribution in [0.15, 0.2) is 67.3 Å². The van der Waals surface area contributed by atoms with Crippen LogP contribution in [0.1, 0.15) is 20.7 Å². The number of benzene rings is 1. The van der Waals surface area contributed by atoms with Gasteiger partial charge in [0.1, 0.15) is 0 Å². The molecule has 8 heteroatoms. The molecule has 4 rings (SSSR count). The minimum absolute atomic E-state index is 0.184. The highest BCUT2D eigenvalue weighted by atomic mass is 32.1. The number of pyridine rings is 1. The number of hydrogen-bond donors (Lipinski definition) is 2. The van der Waals surface area contributed by atoms with Crippen LogP contribution in [-0.2, 0) is 0 Å². The third-order valence-corrected chi connectivity index (χ3v) is 5.13. The molecule has 0 fully saturated rings. The van der Waals surface area contributed by atoms with Crippen LogP contribution in [0.4, 0.5) is 0 Å². The number of amides is 2. The molecule has 7 nitrogen and oxygen atoms in total. The van der Waals surface area contributed by atoms with Gasteiger partial charge in [0.25, 0.3) is 11.8 Å². The third kappa shape index (κ3) is 3.91. The lowest BCUT2D eigenvalue weighted by atomic mass is 10.2. The van der Waals surface area contributed by atoms with E-state index < -0.39 is 0 Å². The van der Waals surface area contributed by atoms with E-state index in [0.29, 0.717) is 24.2 Å². The summed E-state index contributed by atoms with van der Waals surface area (Å²) in [5, 5.41) is 6.44. The van der Waals surface area contributed by atoms with Crippen LogP contribution in [0.5, 0.6) is 0 Å². The maximum absolute atomic E-state index is 12.4. The number of nitrogens with one attached hydrogen (secondary N) is 2. The molecule has 28 heavy (non-hydrogen) atoms. The number of hydrogen-bond acceptors (Lipinski definition) is 5. The van der Waals surface area contributed by atoms with E-state index in [-0.39, 0.29) is 11.8 Å². The van der Waals surface area contributed by atoms with Gasteiger partial charge >= 0.3 is 0 Å². The van der Waals surface area contributed by atoms with Crippen LogP contribution in [0.25, 0.3) is 15.3 Å². The van der Waals surface area contributed by atoms with Gasteiger partial charge in [0.05, 0.1) is 10.2 Å². The van der Waals surface area contributed by atoms with Gasteiger partial charge in [0.2, 0.25) is 0 Å². The Morgan fingerprint density at radius 1 is 0.929 bits per heavy atom. The second-order valence-corrected chi connectivity index (χ2v) is 7.03. The Labute approximate surface area is 165 Å². The number of fused-ring (bicyclic) bond motifs is 1. The SMILES string of the molecule is O=C(NCCNC(=O)c1ccc2nc(-n3cccc3)sc2c1)c1ccncc1. The van der Waals surface area contributed by atoms with E-state index >= 15 is 0 Å². The van der Waals surface area contributed by atoms with Crippen molar-refractivity contribution in [2.24, 2.45) is 0 Å². The zero-order valence-corrected chi connectivity index (χ0v) is 15.6. The molecule has 2 amide bonds. The smallest absolute Gasteiger partial charge is 0.251 e. The Bertz CT molecular complexity index is 1110. The van der Waals surface area contributed by atoms with Gasteiger partial charge in [-0.05, 0) is 42.5 Å². The standard InChI is InChI=1S/C20H17N5O2S/c26-18(14-5-7-21-8-6-14)22-9-10-23-19(27)15-3-4-16-17(13-15)28-20(24-16)25-11-1-2-12-25/h1-8,11-13H,9-10H2,(H,22,26)(H,23,27). The summed E-state index contributed by atoms with van der Waals surface area (Å²) < 4.78 is 2.89. The second-order valence-electron chi connectivity index (χ2n) is 6.02. The molecule has 0 spiro atoms. The van der Waals surface area contributed by atoms with Crippen LogP contribution < -0.4 is 10.6 Å². The first-order valence-electron chi connectivity index (χ1n) is 8.71. The quantitative estimate of drug-likeness (QED) is 0.495. The molecule has 2 N–H and O–H groups in total. The van der Waals surface area contributed by atoms with Crippen molar-refractivity contribution in [3.63, 3.8) is 0 Å². The van der Waals surface area contributed by atoms with Gasteiger partial charge < -0.3 is 15.2 Å². The Morgan fingerprint density at radius 3 is 2.32 bits per heavy atom. The molecule has 0 radical (unpaired) electrons. The van der Waals surface area contributed by atoms with E-state index in [1.165, 1.54) is 11.3 Å². The molecule has 3 heterocycles. The van der Waals surface area contributed by atoms with E-state index in [0.717, 1.165) is 15.3 Å². The predicted molar refractivity (Wildman–Crippen MR) is 108 cm³/mol. The van der Waals surface area contributed by atoms with Crippen molar-refractivity contribution >= 4 is 33.4 Å². The molecule has 0 bridgehead atoms. The molecule has 0 atom stereocenters. The highest BCUT2D eigenvalue weighted by Crippen LogP contribution is 2.25. The predicted octanol–water partition coefficient (Wildman–Crippen LogP) is 2.64. The van der Waals surface area contributed by atoms with E-state index in [1.807, 2.05) is 41.2 Å². The fraction of sp³-hybridized carbons (Fsp3) is 0.100. The largest absolute Gasteiger partial charge is 0.350 e. The van der Waals surface area contributed by atoms with E-state index in [9.17, 15) is 9.59 Å². The van der Waals surface area contributed by atoms with Crippen LogP contribution in [0, 0.1) is 0 Å². The molecular weight excluding hydrogens is 374 g/mol. The zero-order chi connectivity index (χ0) is 19.3. The first-order chi connectivity index (χ1) is 13.7. The zero-order valence-electron chi connectivity index (χ0n) is 14.8. The van der Waals surface area contributed by atoms with Crippen molar-refractivity contribution in [2.45, 2.75) is 0 Å². The average molecular weight is 391 g/mol. The van der Waals surface area contributed by atoms with Crippen molar-refractivity contribution in [3.05, 3.63) is 78.4 Å². The van der Waals surface area contributed by atoms with Crippen molar-refractivity contribution in [1.29, 1.82) is 0 Å². The number of rotatable bonds is 6. The fourth-order valence-electron chi connectivity index (χ4n) is 2.69. The Kier molecular flexibility index (Phi) is 5.11. The van der Waals surface area contributed by atoms with Crippen molar-refractivity contribution < 1.29 is 9.59 Å². The van der Waals surface area contributed by atoms with E-state index in [2.05, 4.69) is 20.6 Å². The van der Waals surface area contributed by atoms with Gasteiger partial charge in [0, 0.05) is 49.0 Å². The molecule has 4 aromatic rings. The second kappa shape index (κ2) is 8.01. The van der Waals surface area contributed by atoms with Crippen molar-refractivity contribution in [1.82, 2.24) is 25.2 Å². The lowest BCUT2D eigenvalue weighted by Crippen LogP contribution is -2.34. The van der Waals surface area contributed by atoms with Crippen LogP contribution in [0.3, 0.4) is 0 Å². The molecule has 1 aromatic carbocycles. The summed E-state index contributed by atoms with van der Waals surface area (Å²) in [7, 11) is 0. The van der Waals surface area contributed by atoms with E-state index in [4.69, 9.17) is 0 Å². The summed E-state index contributed by atoms with van der Waals surface area (Å²) in [5.74, 6) is -0.378. The van der Waals surface area contributed by atoms with Gasteiger partial charge in [0.15, 0.2) is 5.13 Å². The molecule has 140 valence electrons. The van der Waals surface area contributed by atoms with Gasteiger partial charge in [-0.2, -0.15) is 0 Å². The fourth-order valence-corrected chi connectivity index (χ4v) is 3.66. The lowest BCUT2D eigenvalue weighted by Gasteiger charge is -2.07. The van der Waals surface area contributed by atoms with Crippen molar-refractivity contribution in [2.75, 3.05) is 13.1 Å². The lowest BCUT2D eigenvalue weighted by molar-refractivity contribution is 0.0927. The van der Waals surface area contributed by atoms with Gasteiger partial charge in [-0.25, -0.2) is 4.98 Å². The minimum atomic E-state index is -0.194. The molecular formula is C20H17N5O2S. The monoisotopic (exact) mass is 391 g/mol. The summed E-state index contributed by atoms with van der Waals surface area (Å²) in [6.07, 6.45) is 7.00. The van der Waals surface area contributed by atoms with Gasteiger partial charge in [-0.3, -0.25) is 14.6 Å². The highest BCUT2D eigenvalue weighted by Gasteiger charge is 2.10. The number of carbonyl (C=O) groups is 2. The molecule has 0 aliphatic rings. The molecule has 0 unspecified atom stereocenters. The topological polar surface area (TPSA) is 88.9 Å².